The molecular weight excluding hydrogens is 582 g/mol. The smallest absolute Gasteiger partial charge is 0.410 e. The highest BCUT2D eigenvalue weighted by Crippen LogP contribution is 2.41. The fourth-order valence-corrected chi connectivity index (χ4v) is 7.33. The van der Waals surface area contributed by atoms with Crippen molar-refractivity contribution in [1.29, 1.82) is 0 Å². The van der Waals surface area contributed by atoms with E-state index >= 15 is 0 Å². The molecular formula is C35H45N7O4. The molecule has 1 aromatic heterocycles. The maximum Gasteiger partial charge on any atom is 0.410 e. The summed E-state index contributed by atoms with van der Waals surface area (Å²) < 4.78 is 13.5. The third kappa shape index (κ3) is 6.18. The number of hydrogen-bond donors (Lipinski definition) is 2. The molecule has 0 unspecified atom stereocenters. The van der Waals surface area contributed by atoms with Crippen molar-refractivity contribution in [3.8, 4) is 22.8 Å². The first-order valence-corrected chi connectivity index (χ1v) is 16.6. The first kappa shape index (κ1) is 30.6. The Hall–Kier alpha value is -4.09. The molecule has 4 aliphatic rings. The topological polar surface area (TPSA) is 118 Å². The van der Waals surface area contributed by atoms with Crippen molar-refractivity contribution in [1.82, 2.24) is 24.5 Å². The van der Waals surface area contributed by atoms with Crippen LogP contribution >= 0.6 is 0 Å². The van der Waals surface area contributed by atoms with E-state index < -0.39 is 11.5 Å². The van der Waals surface area contributed by atoms with Crippen LogP contribution in [-0.4, -0.2) is 100.0 Å². The van der Waals surface area contributed by atoms with Crippen LogP contribution in [-0.2, 0) is 4.74 Å². The number of primary amides is 1. The van der Waals surface area contributed by atoms with E-state index in [1.807, 2.05) is 85.0 Å². The molecule has 11 heteroatoms. The molecule has 0 radical (unpaired) electrons. The lowest BCUT2D eigenvalue weighted by Gasteiger charge is -2.55. The highest BCUT2D eigenvalue weighted by molar-refractivity contribution is 6.03. The summed E-state index contributed by atoms with van der Waals surface area (Å²) in [5, 5.41) is 8.47. The van der Waals surface area contributed by atoms with Crippen LogP contribution in [0.2, 0.25) is 0 Å². The highest BCUT2D eigenvalue weighted by atomic mass is 16.6. The molecule has 11 nitrogen and oxygen atoms in total. The van der Waals surface area contributed by atoms with Gasteiger partial charge < -0.3 is 25.4 Å². The van der Waals surface area contributed by atoms with Crippen molar-refractivity contribution >= 4 is 17.8 Å². The van der Waals surface area contributed by atoms with Gasteiger partial charge in [-0.25, -0.2) is 9.48 Å². The van der Waals surface area contributed by atoms with Gasteiger partial charge in [-0.2, -0.15) is 5.10 Å². The van der Waals surface area contributed by atoms with E-state index in [9.17, 15) is 9.59 Å². The second-order valence-electron chi connectivity index (χ2n) is 14.1. The van der Waals surface area contributed by atoms with Gasteiger partial charge in [-0.3, -0.25) is 14.6 Å². The fourth-order valence-electron chi connectivity index (χ4n) is 7.33. The van der Waals surface area contributed by atoms with E-state index in [0.717, 1.165) is 82.2 Å². The summed E-state index contributed by atoms with van der Waals surface area (Å²) in [6.45, 7) is 12.3. The van der Waals surface area contributed by atoms with Gasteiger partial charge in [0.05, 0.1) is 6.04 Å². The van der Waals surface area contributed by atoms with Gasteiger partial charge in [-0.05, 0) is 95.4 Å². The number of nitrogens with zero attached hydrogens (tertiary/aromatic N) is 5. The fraction of sp³-hybridized carbons (Fsp3) is 0.514. The Kier molecular flexibility index (Phi) is 8.14. The number of carbonyl (C=O) groups excluding carboxylic acids is 2. The molecule has 46 heavy (non-hydrogen) atoms. The Labute approximate surface area is 270 Å². The summed E-state index contributed by atoms with van der Waals surface area (Å²) >= 11 is 0. The molecule has 7 rings (SSSR count). The molecule has 2 amide bonds. The second kappa shape index (κ2) is 12.3. The Balaban J connectivity index is 0.957. The lowest BCUT2D eigenvalue weighted by molar-refractivity contribution is -0.0639. The van der Waals surface area contributed by atoms with Crippen molar-refractivity contribution in [3.63, 3.8) is 0 Å². The highest BCUT2D eigenvalue weighted by Gasteiger charge is 2.44. The summed E-state index contributed by atoms with van der Waals surface area (Å²) in [4.78, 5) is 32.0. The van der Waals surface area contributed by atoms with Crippen molar-refractivity contribution in [3.05, 3.63) is 60.2 Å². The minimum Gasteiger partial charge on any atom is -0.457 e. The number of hydrogen-bond acceptors (Lipinski definition) is 8. The monoisotopic (exact) mass is 627 g/mol. The first-order chi connectivity index (χ1) is 22.1. The number of aromatic nitrogens is 2. The van der Waals surface area contributed by atoms with Crippen LogP contribution in [0.15, 0.2) is 54.6 Å². The third-order valence-electron chi connectivity index (χ3n) is 9.87. The maximum atomic E-state index is 12.8. The Morgan fingerprint density at radius 3 is 2.17 bits per heavy atom. The zero-order chi connectivity index (χ0) is 32.0. The van der Waals surface area contributed by atoms with Gasteiger partial charge in [-0.15, -0.1) is 0 Å². The Bertz CT molecular complexity index is 1550. The van der Waals surface area contributed by atoms with Crippen LogP contribution in [0.4, 0.5) is 10.6 Å². The summed E-state index contributed by atoms with van der Waals surface area (Å²) in [6.07, 6.45) is 2.96. The van der Waals surface area contributed by atoms with Crippen molar-refractivity contribution in [2.24, 2.45) is 11.7 Å². The number of ether oxygens (including phenoxy) is 2. The molecule has 0 bridgehead atoms. The van der Waals surface area contributed by atoms with Crippen LogP contribution < -0.4 is 15.8 Å². The number of nitrogens with two attached hydrogens (primary N) is 1. The van der Waals surface area contributed by atoms with Gasteiger partial charge in [-0.1, -0.05) is 18.2 Å². The van der Waals surface area contributed by atoms with Gasteiger partial charge in [0.15, 0.2) is 0 Å². The number of anilines is 1. The SMILES string of the molecule is CC(C)(C)OC(=O)N1CC(N2CC(N3CCC([C@@H]4CCNc5c(C(N)=O)c(-c6ccc(Oc7ccccc7)cc6)nn54)CC3)C2)C1. The van der Waals surface area contributed by atoms with Gasteiger partial charge in [0.25, 0.3) is 5.91 Å². The molecule has 0 saturated carbocycles. The number of likely N-dealkylation sites (tertiary alicyclic amines) is 3. The van der Waals surface area contributed by atoms with Gasteiger partial charge in [0.2, 0.25) is 0 Å². The summed E-state index contributed by atoms with van der Waals surface area (Å²) in [5.74, 6) is 2.23. The van der Waals surface area contributed by atoms with Crippen LogP contribution in [0.5, 0.6) is 11.5 Å². The lowest BCUT2D eigenvalue weighted by Crippen LogP contribution is -2.70. The average molecular weight is 628 g/mol. The first-order valence-electron chi connectivity index (χ1n) is 16.6. The van der Waals surface area contributed by atoms with E-state index in [-0.39, 0.29) is 12.1 Å². The van der Waals surface area contributed by atoms with E-state index in [2.05, 4.69) is 15.1 Å². The molecule has 3 saturated heterocycles. The molecule has 5 heterocycles. The summed E-state index contributed by atoms with van der Waals surface area (Å²) in [6, 6.07) is 18.6. The normalized spacial score (nSPS) is 21.5. The Morgan fingerprint density at radius 2 is 1.52 bits per heavy atom. The molecule has 0 spiro atoms. The number of para-hydroxylation sites is 1. The largest absolute Gasteiger partial charge is 0.457 e. The predicted octanol–water partition coefficient (Wildman–Crippen LogP) is 4.81. The van der Waals surface area contributed by atoms with Crippen molar-refractivity contribution in [2.75, 3.05) is 51.1 Å². The van der Waals surface area contributed by atoms with Crippen LogP contribution in [0.1, 0.15) is 56.4 Å². The van der Waals surface area contributed by atoms with E-state index in [1.165, 1.54) is 0 Å². The number of piperidine rings is 1. The van der Waals surface area contributed by atoms with Crippen LogP contribution in [0.25, 0.3) is 11.3 Å². The zero-order valence-corrected chi connectivity index (χ0v) is 27.0. The second-order valence-corrected chi connectivity index (χ2v) is 14.1. The van der Waals surface area contributed by atoms with E-state index in [0.29, 0.717) is 35.0 Å². The molecule has 1 atom stereocenters. The summed E-state index contributed by atoms with van der Waals surface area (Å²) in [7, 11) is 0. The standard InChI is InChI=1S/C35H45N7O4/c1-35(2,3)46-34(44)41-21-26(22-41)40-19-25(20-40)39-17-14-23(15-18-39)29-13-16-37-33-30(32(36)43)31(38-42(29)33)24-9-11-28(12-10-24)45-27-7-5-4-6-8-27/h4-12,23,25-26,29,37H,13-22H2,1-3H3,(H2,36,43)/t29-/m0/s1. The maximum absolute atomic E-state index is 12.8. The third-order valence-corrected chi connectivity index (χ3v) is 9.87. The zero-order valence-electron chi connectivity index (χ0n) is 27.0. The van der Waals surface area contributed by atoms with Gasteiger partial charge in [0, 0.05) is 50.4 Å². The molecule has 244 valence electrons. The predicted molar refractivity (Wildman–Crippen MR) is 176 cm³/mol. The number of amides is 2. The van der Waals surface area contributed by atoms with Crippen molar-refractivity contribution in [2.45, 2.75) is 63.8 Å². The summed E-state index contributed by atoms with van der Waals surface area (Å²) in [5.41, 5.74) is 7.39. The molecule has 0 aliphatic carbocycles. The molecule has 3 aromatic rings. The lowest BCUT2D eigenvalue weighted by atomic mass is 9.85. The van der Waals surface area contributed by atoms with E-state index in [4.69, 9.17) is 20.3 Å². The number of benzene rings is 2. The van der Waals surface area contributed by atoms with E-state index in [1.54, 1.807) is 0 Å². The quantitative estimate of drug-likeness (QED) is 0.383. The molecule has 2 aromatic carbocycles. The molecule has 3 fully saturated rings. The van der Waals surface area contributed by atoms with Gasteiger partial charge >= 0.3 is 6.09 Å². The molecule has 4 aliphatic heterocycles. The number of fused-ring (bicyclic) bond motifs is 1. The van der Waals surface area contributed by atoms with Crippen LogP contribution in [0.3, 0.4) is 0 Å². The van der Waals surface area contributed by atoms with Gasteiger partial charge in [0.1, 0.15) is 34.2 Å². The average Bonchev–Trinajstić information content (AvgIpc) is 3.38. The Morgan fingerprint density at radius 1 is 0.870 bits per heavy atom. The number of rotatable bonds is 7. The van der Waals surface area contributed by atoms with Crippen LogP contribution in [0, 0.1) is 5.92 Å². The molecule has 3 N–H and O–H groups in total. The number of nitrogens with one attached hydrogen (secondary N) is 1. The minimum atomic E-state index is -0.473. The number of carbonyl (C=O) groups is 2. The van der Waals surface area contributed by atoms with Crippen molar-refractivity contribution < 1.29 is 19.1 Å². The minimum absolute atomic E-state index is 0.206.